The first-order valence-electron chi connectivity index (χ1n) is 6.16. The predicted molar refractivity (Wildman–Crippen MR) is 75.2 cm³/mol. The molecule has 0 saturated carbocycles. The summed E-state index contributed by atoms with van der Waals surface area (Å²) in [6, 6.07) is 3.31. The van der Waals surface area contributed by atoms with Crippen molar-refractivity contribution < 1.29 is 14.7 Å². The molecule has 1 aromatic heterocycles. The van der Waals surface area contributed by atoms with Crippen LogP contribution in [-0.4, -0.2) is 35.1 Å². The molecule has 0 bridgehead atoms. The molecule has 19 heavy (non-hydrogen) atoms. The van der Waals surface area contributed by atoms with Crippen LogP contribution in [0.4, 0.5) is 4.79 Å². The molecule has 0 radical (unpaired) electrons. The van der Waals surface area contributed by atoms with E-state index in [-0.39, 0.29) is 24.4 Å². The van der Waals surface area contributed by atoms with Gasteiger partial charge in [0.15, 0.2) is 0 Å². The van der Waals surface area contributed by atoms with Crippen molar-refractivity contribution in [1.82, 2.24) is 10.2 Å². The number of urea groups is 1. The number of amides is 2. The quantitative estimate of drug-likeness (QED) is 0.842. The zero-order chi connectivity index (χ0) is 14.4. The maximum absolute atomic E-state index is 12.0. The van der Waals surface area contributed by atoms with E-state index in [1.54, 1.807) is 23.3 Å². The predicted octanol–water partition coefficient (Wildman–Crippen LogP) is 2.39. The number of thiophene rings is 1. The zero-order valence-electron chi connectivity index (χ0n) is 11.4. The van der Waals surface area contributed by atoms with Gasteiger partial charge in [0, 0.05) is 18.0 Å². The molecule has 5 nitrogen and oxygen atoms in total. The highest BCUT2D eigenvalue weighted by Crippen LogP contribution is 2.12. The fourth-order valence-corrected chi connectivity index (χ4v) is 2.38. The normalized spacial score (nSPS) is 12.2. The number of nitrogens with zero attached hydrogens (tertiary/aromatic N) is 1. The Balaban J connectivity index is 2.53. The number of hydrogen-bond donors (Lipinski definition) is 2. The third-order valence-electron chi connectivity index (χ3n) is 2.83. The summed E-state index contributed by atoms with van der Waals surface area (Å²) in [5.41, 5.74) is 0. The summed E-state index contributed by atoms with van der Waals surface area (Å²) in [6.45, 7) is 4.32. The summed E-state index contributed by atoms with van der Waals surface area (Å²) in [4.78, 5) is 25.4. The Morgan fingerprint density at radius 3 is 2.63 bits per heavy atom. The van der Waals surface area contributed by atoms with Crippen LogP contribution in [0.25, 0.3) is 0 Å². The number of carbonyl (C=O) groups excluding carboxylic acids is 1. The van der Waals surface area contributed by atoms with Crippen molar-refractivity contribution in [2.24, 2.45) is 5.92 Å². The van der Waals surface area contributed by atoms with Gasteiger partial charge in [0.25, 0.3) is 0 Å². The van der Waals surface area contributed by atoms with Crippen LogP contribution < -0.4 is 5.32 Å². The molecule has 2 N–H and O–H groups in total. The van der Waals surface area contributed by atoms with Gasteiger partial charge in [-0.2, -0.15) is 0 Å². The first kappa shape index (κ1) is 15.5. The van der Waals surface area contributed by atoms with Crippen molar-refractivity contribution in [3.05, 3.63) is 22.4 Å². The van der Waals surface area contributed by atoms with E-state index in [0.29, 0.717) is 6.54 Å². The van der Waals surface area contributed by atoms with Gasteiger partial charge in [-0.25, -0.2) is 4.79 Å². The minimum absolute atomic E-state index is 0.0593. The van der Waals surface area contributed by atoms with Crippen LogP contribution in [0.15, 0.2) is 17.5 Å². The van der Waals surface area contributed by atoms with Crippen molar-refractivity contribution in [2.75, 3.05) is 7.05 Å². The van der Waals surface area contributed by atoms with Gasteiger partial charge in [0.2, 0.25) is 0 Å². The number of aliphatic carboxylic acids is 1. The number of carbonyl (C=O) groups is 2. The van der Waals surface area contributed by atoms with Crippen LogP contribution in [-0.2, 0) is 11.3 Å². The standard InChI is InChI=1S/C13H20N2O3S/c1-9(2)11(7-12(16)17)14-13(18)15(3)8-10-5-4-6-19-10/h4-6,9,11H,7-8H2,1-3H3,(H,14,18)(H,16,17). The summed E-state index contributed by atoms with van der Waals surface area (Å²) in [7, 11) is 1.70. The second-order valence-corrected chi connectivity index (χ2v) is 5.87. The third kappa shape index (κ3) is 5.30. The highest BCUT2D eigenvalue weighted by Gasteiger charge is 2.21. The molecule has 1 heterocycles. The smallest absolute Gasteiger partial charge is 0.317 e. The molecule has 0 aliphatic heterocycles. The van der Waals surface area contributed by atoms with Gasteiger partial charge in [-0.3, -0.25) is 4.79 Å². The van der Waals surface area contributed by atoms with Crippen molar-refractivity contribution in [3.63, 3.8) is 0 Å². The van der Waals surface area contributed by atoms with Crippen LogP contribution >= 0.6 is 11.3 Å². The maximum Gasteiger partial charge on any atom is 0.317 e. The van der Waals surface area contributed by atoms with E-state index in [0.717, 1.165) is 4.88 Å². The molecule has 0 saturated heterocycles. The molecule has 1 rings (SSSR count). The van der Waals surface area contributed by atoms with Gasteiger partial charge in [0.05, 0.1) is 13.0 Å². The lowest BCUT2D eigenvalue weighted by Gasteiger charge is -2.24. The average Bonchev–Trinajstić information content (AvgIpc) is 2.79. The molecular weight excluding hydrogens is 264 g/mol. The molecule has 0 aliphatic rings. The number of hydrogen-bond acceptors (Lipinski definition) is 3. The summed E-state index contributed by atoms with van der Waals surface area (Å²) >= 11 is 1.59. The van der Waals surface area contributed by atoms with E-state index in [9.17, 15) is 9.59 Å². The topological polar surface area (TPSA) is 69.6 Å². The molecule has 0 spiro atoms. The average molecular weight is 284 g/mol. The fourth-order valence-electron chi connectivity index (χ4n) is 1.62. The lowest BCUT2D eigenvalue weighted by Crippen LogP contribution is -2.45. The molecule has 1 atom stereocenters. The lowest BCUT2D eigenvalue weighted by atomic mass is 10.0. The van der Waals surface area contributed by atoms with Crippen LogP contribution in [0.5, 0.6) is 0 Å². The SMILES string of the molecule is CC(C)C(CC(=O)O)NC(=O)N(C)Cc1cccs1. The molecule has 1 unspecified atom stereocenters. The molecule has 0 fully saturated rings. The Labute approximate surface area is 117 Å². The highest BCUT2D eigenvalue weighted by atomic mass is 32.1. The Hall–Kier alpha value is -1.56. The van der Waals surface area contributed by atoms with Gasteiger partial charge in [-0.15, -0.1) is 11.3 Å². The maximum atomic E-state index is 12.0. The first-order chi connectivity index (χ1) is 8.90. The summed E-state index contributed by atoms with van der Waals surface area (Å²) in [5.74, 6) is -0.824. The van der Waals surface area contributed by atoms with E-state index in [1.165, 1.54) is 0 Å². The second-order valence-electron chi connectivity index (χ2n) is 4.83. The Morgan fingerprint density at radius 1 is 1.47 bits per heavy atom. The van der Waals surface area contributed by atoms with Crippen LogP contribution in [0.3, 0.4) is 0 Å². The van der Waals surface area contributed by atoms with Gasteiger partial charge < -0.3 is 15.3 Å². The van der Waals surface area contributed by atoms with Gasteiger partial charge in [-0.1, -0.05) is 19.9 Å². The van der Waals surface area contributed by atoms with Crippen molar-refractivity contribution in [3.8, 4) is 0 Å². The van der Waals surface area contributed by atoms with Crippen molar-refractivity contribution >= 4 is 23.3 Å². The van der Waals surface area contributed by atoms with E-state index in [2.05, 4.69) is 5.32 Å². The van der Waals surface area contributed by atoms with Crippen LogP contribution in [0.2, 0.25) is 0 Å². The molecule has 2 amide bonds. The van der Waals surface area contributed by atoms with Crippen molar-refractivity contribution in [1.29, 1.82) is 0 Å². The lowest BCUT2D eigenvalue weighted by molar-refractivity contribution is -0.137. The zero-order valence-corrected chi connectivity index (χ0v) is 12.2. The summed E-state index contributed by atoms with van der Waals surface area (Å²) in [5, 5.41) is 13.6. The molecular formula is C13H20N2O3S. The minimum atomic E-state index is -0.903. The number of carboxylic acid groups (broad SMARTS) is 1. The summed E-state index contributed by atoms with van der Waals surface area (Å²) in [6.07, 6.45) is -0.0593. The molecule has 1 aromatic rings. The third-order valence-corrected chi connectivity index (χ3v) is 3.69. The molecule has 0 aliphatic carbocycles. The monoisotopic (exact) mass is 284 g/mol. The Bertz CT molecular complexity index is 418. The number of carboxylic acids is 1. The van der Waals surface area contributed by atoms with E-state index in [4.69, 9.17) is 5.11 Å². The van der Waals surface area contributed by atoms with E-state index in [1.807, 2.05) is 31.4 Å². The van der Waals surface area contributed by atoms with Crippen LogP contribution in [0.1, 0.15) is 25.1 Å². The molecule has 0 aromatic carbocycles. The minimum Gasteiger partial charge on any atom is -0.481 e. The number of nitrogens with one attached hydrogen (secondary N) is 1. The van der Waals surface area contributed by atoms with E-state index >= 15 is 0 Å². The molecule has 106 valence electrons. The van der Waals surface area contributed by atoms with Gasteiger partial charge in [-0.05, 0) is 17.4 Å². The second kappa shape index (κ2) is 7.13. The largest absolute Gasteiger partial charge is 0.481 e. The van der Waals surface area contributed by atoms with Crippen molar-refractivity contribution in [2.45, 2.75) is 32.9 Å². The van der Waals surface area contributed by atoms with Gasteiger partial charge >= 0.3 is 12.0 Å². The summed E-state index contributed by atoms with van der Waals surface area (Å²) < 4.78 is 0. The molecule has 6 heteroatoms. The van der Waals surface area contributed by atoms with E-state index < -0.39 is 5.97 Å². The van der Waals surface area contributed by atoms with Crippen LogP contribution in [0, 0.1) is 5.92 Å². The Kier molecular flexibility index (Phi) is 5.82. The highest BCUT2D eigenvalue weighted by molar-refractivity contribution is 7.09. The van der Waals surface area contributed by atoms with Gasteiger partial charge in [0.1, 0.15) is 0 Å². The fraction of sp³-hybridized carbons (Fsp3) is 0.538. The number of rotatable bonds is 6. The Morgan fingerprint density at radius 2 is 2.16 bits per heavy atom. The first-order valence-corrected chi connectivity index (χ1v) is 7.04.